The van der Waals surface area contributed by atoms with Gasteiger partial charge in [-0.1, -0.05) is 6.07 Å². The summed E-state index contributed by atoms with van der Waals surface area (Å²) in [5.74, 6) is -0.0769. The zero-order valence-corrected chi connectivity index (χ0v) is 11.5. The second-order valence-electron chi connectivity index (χ2n) is 3.54. The molecule has 0 aromatic carbocycles. The highest BCUT2D eigenvalue weighted by Gasteiger charge is 2.21. The molecule has 0 aliphatic rings. The normalized spacial score (nSPS) is 11.7. The van der Waals surface area contributed by atoms with Crippen LogP contribution in [0.15, 0.2) is 21.7 Å². The average molecular weight is 276 g/mol. The van der Waals surface area contributed by atoms with Crippen molar-refractivity contribution in [3.05, 3.63) is 17.5 Å². The molecular formula is C10H16N2O3S2. The summed E-state index contributed by atoms with van der Waals surface area (Å²) in [6.07, 6.45) is 0.849. The molecule has 0 atom stereocenters. The number of rotatable bonds is 6. The van der Waals surface area contributed by atoms with E-state index in [4.69, 9.17) is 0 Å². The Bertz CT molecular complexity index is 454. The summed E-state index contributed by atoms with van der Waals surface area (Å²) >= 11 is 1.19. The van der Waals surface area contributed by atoms with Crippen molar-refractivity contribution in [1.82, 2.24) is 9.62 Å². The lowest BCUT2D eigenvalue weighted by molar-refractivity contribution is -0.120. The van der Waals surface area contributed by atoms with Crippen LogP contribution in [0.2, 0.25) is 0 Å². The standard InChI is InChI=1S/C10H16N2O3S2/c1-11-9(13)5-3-7-12(2)17(14,15)10-6-4-8-16-10/h4,6,8H,3,5,7H2,1-2H3,(H,11,13). The predicted octanol–water partition coefficient (Wildman–Crippen LogP) is 0.895. The Hall–Kier alpha value is -0.920. The summed E-state index contributed by atoms with van der Waals surface area (Å²) < 4.78 is 25.6. The lowest BCUT2D eigenvalue weighted by Crippen LogP contribution is -2.28. The fourth-order valence-corrected chi connectivity index (χ4v) is 3.68. The van der Waals surface area contributed by atoms with Crippen molar-refractivity contribution < 1.29 is 13.2 Å². The first-order chi connectivity index (χ1) is 7.98. The number of carbonyl (C=O) groups excluding carboxylic acids is 1. The molecule has 0 unspecified atom stereocenters. The third-order valence-electron chi connectivity index (χ3n) is 2.32. The molecule has 0 saturated carbocycles. The number of sulfonamides is 1. The van der Waals surface area contributed by atoms with Crippen LogP contribution in [0.1, 0.15) is 12.8 Å². The fraction of sp³-hybridized carbons (Fsp3) is 0.500. The van der Waals surface area contributed by atoms with E-state index in [1.54, 1.807) is 24.6 Å². The van der Waals surface area contributed by atoms with Crippen LogP contribution in [0.25, 0.3) is 0 Å². The van der Waals surface area contributed by atoms with E-state index in [0.29, 0.717) is 23.6 Å². The van der Waals surface area contributed by atoms with Crippen molar-refractivity contribution in [2.45, 2.75) is 17.1 Å². The highest BCUT2D eigenvalue weighted by atomic mass is 32.2. The molecule has 0 spiro atoms. The smallest absolute Gasteiger partial charge is 0.252 e. The maximum absolute atomic E-state index is 12.0. The van der Waals surface area contributed by atoms with E-state index in [1.807, 2.05) is 0 Å². The number of carbonyl (C=O) groups is 1. The first kappa shape index (κ1) is 14.1. The molecule has 1 aromatic rings. The first-order valence-electron chi connectivity index (χ1n) is 5.19. The molecule has 1 aromatic heterocycles. The Morgan fingerprint density at radius 1 is 1.53 bits per heavy atom. The van der Waals surface area contributed by atoms with Crippen molar-refractivity contribution in [3.8, 4) is 0 Å². The molecule has 1 amide bonds. The van der Waals surface area contributed by atoms with Crippen molar-refractivity contribution in [2.24, 2.45) is 0 Å². The maximum Gasteiger partial charge on any atom is 0.252 e. The van der Waals surface area contributed by atoms with Gasteiger partial charge in [0, 0.05) is 27.1 Å². The van der Waals surface area contributed by atoms with E-state index < -0.39 is 10.0 Å². The number of amides is 1. The van der Waals surface area contributed by atoms with E-state index in [9.17, 15) is 13.2 Å². The monoisotopic (exact) mass is 276 g/mol. The second kappa shape index (κ2) is 6.13. The molecule has 7 heteroatoms. The highest BCUT2D eigenvalue weighted by molar-refractivity contribution is 7.91. The van der Waals surface area contributed by atoms with Crippen molar-refractivity contribution in [3.63, 3.8) is 0 Å². The van der Waals surface area contributed by atoms with Crippen LogP contribution in [0.5, 0.6) is 0 Å². The van der Waals surface area contributed by atoms with Gasteiger partial charge in [-0.05, 0) is 17.9 Å². The van der Waals surface area contributed by atoms with Crippen LogP contribution >= 0.6 is 11.3 Å². The zero-order valence-electron chi connectivity index (χ0n) is 9.84. The van der Waals surface area contributed by atoms with E-state index in [0.717, 1.165) is 0 Å². The molecule has 0 fully saturated rings. The molecule has 0 aliphatic carbocycles. The number of nitrogens with zero attached hydrogens (tertiary/aromatic N) is 1. The summed E-state index contributed by atoms with van der Waals surface area (Å²) in [6, 6.07) is 3.28. The highest BCUT2D eigenvalue weighted by Crippen LogP contribution is 2.19. The van der Waals surface area contributed by atoms with Gasteiger partial charge in [0.25, 0.3) is 10.0 Å². The number of hydrogen-bond acceptors (Lipinski definition) is 4. The molecular weight excluding hydrogens is 260 g/mol. The van der Waals surface area contributed by atoms with Gasteiger partial charge < -0.3 is 5.32 Å². The van der Waals surface area contributed by atoms with Gasteiger partial charge in [-0.15, -0.1) is 11.3 Å². The summed E-state index contributed by atoms with van der Waals surface area (Å²) in [5, 5.41) is 4.23. The number of thiophene rings is 1. The van der Waals surface area contributed by atoms with Crippen molar-refractivity contribution in [1.29, 1.82) is 0 Å². The van der Waals surface area contributed by atoms with Crippen molar-refractivity contribution in [2.75, 3.05) is 20.6 Å². The van der Waals surface area contributed by atoms with Gasteiger partial charge in [-0.2, -0.15) is 0 Å². The predicted molar refractivity (Wildman–Crippen MR) is 67.4 cm³/mol. The Balaban J connectivity index is 2.53. The van der Waals surface area contributed by atoms with E-state index >= 15 is 0 Å². The number of hydrogen-bond donors (Lipinski definition) is 1. The van der Waals surface area contributed by atoms with Crippen LogP contribution in [-0.2, 0) is 14.8 Å². The Morgan fingerprint density at radius 2 is 2.24 bits per heavy atom. The van der Waals surface area contributed by atoms with Gasteiger partial charge in [-0.25, -0.2) is 12.7 Å². The topological polar surface area (TPSA) is 66.5 Å². The second-order valence-corrected chi connectivity index (χ2v) is 6.75. The zero-order chi connectivity index (χ0) is 12.9. The Kier molecular flexibility index (Phi) is 5.10. The molecule has 96 valence electrons. The Labute approximate surface area is 105 Å². The SMILES string of the molecule is CNC(=O)CCCN(C)S(=O)(=O)c1cccs1. The molecule has 1 N–H and O–H groups in total. The summed E-state index contributed by atoms with van der Waals surface area (Å²) in [5.41, 5.74) is 0. The largest absolute Gasteiger partial charge is 0.359 e. The van der Waals surface area contributed by atoms with Gasteiger partial charge >= 0.3 is 0 Å². The minimum absolute atomic E-state index is 0.0769. The molecule has 5 nitrogen and oxygen atoms in total. The molecule has 17 heavy (non-hydrogen) atoms. The van der Waals surface area contributed by atoms with Gasteiger partial charge in [0.1, 0.15) is 4.21 Å². The molecule has 0 aliphatic heterocycles. The van der Waals surface area contributed by atoms with Crippen molar-refractivity contribution >= 4 is 27.3 Å². The Morgan fingerprint density at radius 3 is 2.76 bits per heavy atom. The van der Waals surface area contributed by atoms with E-state index in [-0.39, 0.29) is 5.91 Å². The van der Waals surface area contributed by atoms with Gasteiger partial charge in [0.2, 0.25) is 5.91 Å². The molecule has 1 heterocycles. The molecule has 0 bridgehead atoms. The summed E-state index contributed by atoms with van der Waals surface area (Å²) in [4.78, 5) is 11.0. The fourth-order valence-electron chi connectivity index (χ4n) is 1.27. The molecule has 0 saturated heterocycles. The number of nitrogens with one attached hydrogen (secondary N) is 1. The van der Waals surface area contributed by atoms with Gasteiger partial charge in [0.05, 0.1) is 0 Å². The van der Waals surface area contributed by atoms with Gasteiger partial charge in [0.15, 0.2) is 0 Å². The van der Waals surface area contributed by atoms with Crippen LogP contribution in [0.4, 0.5) is 0 Å². The van der Waals surface area contributed by atoms with Crippen LogP contribution in [0, 0.1) is 0 Å². The van der Waals surface area contributed by atoms with E-state index in [1.165, 1.54) is 22.7 Å². The average Bonchev–Trinajstić information content (AvgIpc) is 2.82. The lowest BCUT2D eigenvalue weighted by Gasteiger charge is -2.15. The van der Waals surface area contributed by atoms with Crippen LogP contribution in [-0.4, -0.2) is 39.3 Å². The summed E-state index contributed by atoms with van der Waals surface area (Å²) in [7, 11) is -0.290. The lowest BCUT2D eigenvalue weighted by atomic mass is 10.3. The van der Waals surface area contributed by atoms with Crippen LogP contribution < -0.4 is 5.32 Å². The molecule has 1 rings (SSSR count). The van der Waals surface area contributed by atoms with Crippen LogP contribution in [0.3, 0.4) is 0 Å². The maximum atomic E-state index is 12.0. The van der Waals surface area contributed by atoms with E-state index in [2.05, 4.69) is 5.32 Å². The quantitative estimate of drug-likeness (QED) is 0.839. The first-order valence-corrected chi connectivity index (χ1v) is 7.51. The minimum atomic E-state index is -3.38. The third-order valence-corrected chi connectivity index (χ3v) is 5.55. The van der Waals surface area contributed by atoms with Gasteiger partial charge in [-0.3, -0.25) is 4.79 Å². The molecule has 0 radical (unpaired) electrons. The minimum Gasteiger partial charge on any atom is -0.359 e. The third kappa shape index (κ3) is 3.79. The summed E-state index contributed by atoms with van der Waals surface area (Å²) in [6.45, 7) is 0.341.